The van der Waals surface area contributed by atoms with Crippen LogP contribution < -0.4 is 9.80 Å². The van der Waals surface area contributed by atoms with Crippen molar-refractivity contribution in [1.82, 2.24) is 0 Å². The summed E-state index contributed by atoms with van der Waals surface area (Å²) in [6, 6.07) is 93.3. The summed E-state index contributed by atoms with van der Waals surface area (Å²) in [5.41, 5.74) is 18.8. The first kappa shape index (κ1) is 42.1. The van der Waals surface area contributed by atoms with Crippen LogP contribution in [0, 0.1) is 0 Å². The molecule has 2 aliphatic rings. The Morgan fingerprint density at radius 2 is 0.901 bits per heavy atom. The van der Waals surface area contributed by atoms with E-state index in [0.29, 0.717) is 0 Å². The first-order chi connectivity index (χ1) is 35.1. The normalized spacial score (nSPS) is 15.7. The first-order valence-corrected chi connectivity index (χ1v) is 24.7. The van der Waals surface area contributed by atoms with Gasteiger partial charge in [0.1, 0.15) is 0 Å². The van der Waals surface area contributed by atoms with Crippen LogP contribution >= 0.6 is 0 Å². The first-order valence-electron chi connectivity index (χ1n) is 24.7. The van der Waals surface area contributed by atoms with E-state index in [-0.39, 0.29) is 11.5 Å². The maximum atomic E-state index is 2.53. The highest BCUT2D eigenvalue weighted by atomic mass is 15.2. The summed E-state index contributed by atoms with van der Waals surface area (Å²) in [4.78, 5) is 4.96. The molecule has 2 nitrogen and oxygen atoms in total. The Morgan fingerprint density at radius 3 is 1.62 bits per heavy atom. The van der Waals surface area contributed by atoms with Gasteiger partial charge in [-0.25, -0.2) is 0 Å². The van der Waals surface area contributed by atoms with Gasteiger partial charge in [-0.15, -0.1) is 0 Å². The molecule has 1 aliphatic heterocycles. The summed E-state index contributed by atoms with van der Waals surface area (Å²) in [7, 11) is 0. The van der Waals surface area contributed by atoms with Crippen LogP contribution in [0.1, 0.15) is 18.4 Å². The Hall–Kier alpha value is -8.98. The highest BCUT2D eigenvalue weighted by Gasteiger charge is 2.48. The van der Waals surface area contributed by atoms with Crippen molar-refractivity contribution in [3.05, 3.63) is 285 Å². The zero-order valence-corrected chi connectivity index (χ0v) is 39.5. The van der Waals surface area contributed by atoms with Crippen LogP contribution in [0.3, 0.4) is 0 Å². The Bertz CT molecular complexity index is 3810. The average molecular weight is 907 g/mol. The highest BCUT2D eigenvalue weighted by Crippen LogP contribution is 2.57. The summed E-state index contributed by atoms with van der Waals surface area (Å²) in [5.74, 6) is 0.186. The number of rotatable bonds is 9. The Morgan fingerprint density at radius 1 is 0.380 bits per heavy atom. The molecule has 11 aromatic carbocycles. The van der Waals surface area contributed by atoms with Gasteiger partial charge in [-0.1, -0.05) is 218 Å². The topological polar surface area (TPSA) is 6.48 Å². The molecule has 0 radical (unpaired) electrons. The molecule has 71 heavy (non-hydrogen) atoms. The van der Waals surface area contributed by atoms with Crippen molar-refractivity contribution in [3.63, 3.8) is 0 Å². The number of allylic oxidation sites excluding steroid dienone is 2. The maximum Gasteiger partial charge on any atom is 0.0712 e. The second-order valence-electron chi connectivity index (χ2n) is 19.0. The zero-order valence-electron chi connectivity index (χ0n) is 39.5. The predicted octanol–water partition coefficient (Wildman–Crippen LogP) is 18.9. The molecule has 11 aromatic rings. The molecule has 0 N–H and O–H groups in total. The van der Waals surface area contributed by atoms with Gasteiger partial charge in [0.05, 0.1) is 11.2 Å². The van der Waals surface area contributed by atoms with E-state index in [4.69, 9.17) is 0 Å². The van der Waals surface area contributed by atoms with Crippen LogP contribution in [0.25, 0.3) is 77.2 Å². The second kappa shape index (κ2) is 17.5. The van der Waals surface area contributed by atoms with Crippen LogP contribution in [0.2, 0.25) is 0 Å². The third kappa shape index (κ3) is 7.35. The fourth-order valence-electron chi connectivity index (χ4n) is 11.5. The van der Waals surface area contributed by atoms with E-state index in [9.17, 15) is 0 Å². The molecule has 0 bridgehead atoms. The van der Waals surface area contributed by atoms with Crippen molar-refractivity contribution < 1.29 is 0 Å². The quantitative estimate of drug-likeness (QED) is 0.133. The molecule has 1 heterocycles. The van der Waals surface area contributed by atoms with Crippen LogP contribution in [0.5, 0.6) is 0 Å². The standard InChI is InChI=1S/C69H50N2/c1-69-45-15-14-30-65(69)68-61(29-17-32-67(68)71(69)58-23-6-3-7-24-58)54-22-16-21-53(46-54)60-26-12-13-31-66(60)70(56-41-37-51(38-42-56)50-35-33-49(34-36-50)48-18-4-2-5-19-48)57-43-39-52(40-44-57)64-47-55-20-8-9-25-59(55)62-27-10-11-28-63(62)64/h2-47,65H,1H3. The summed E-state index contributed by atoms with van der Waals surface area (Å²) in [6.07, 6.45) is 9.19. The van der Waals surface area contributed by atoms with Crippen molar-refractivity contribution in [2.75, 3.05) is 9.80 Å². The number of hydrogen-bond donors (Lipinski definition) is 0. The van der Waals surface area contributed by atoms with Gasteiger partial charge in [-0.2, -0.15) is 0 Å². The molecule has 336 valence electrons. The van der Waals surface area contributed by atoms with Gasteiger partial charge >= 0.3 is 0 Å². The van der Waals surface area contributed by atoms with Gasteiger partial charge in [0, 0.05) is 34.2 Å². The zero-order chi connectivity index (χ0) is 47.3. The predicted molar refractivity (Wildman–Crippen MR) is 301 cm³/mol. The van der Waals surface area contributed by atoms with Crippen LogP contribution in [-0.4, -0.2) is 5.54 Å². The molecular weight excluding hydrogens is 857 g/mol. The number of anilines is 5. The van der Waals surface area contributed by atoms with E-state index in [2.05, 4.69) is 296 Å². The number of benzene rings is 11. The molecule has 0 saturated heterocycles. The molecule has 2 heteroatoms. The van der Waals surface area contributed by atoms with E-state index in [1.165, 1.54) is 83.0 Å². The molecule has 2 atom stereocenters. The van der Waals surface area contributed by atoms with E-state index in [1.54, 1.807) is 0 Å². The fraction of sp³-hybridized carbons (Fsp3) is 0.0435. The lowest BCUT2D eigenvalue weighted by Crippen LogP contribution is -2.41. The highest BCUT2D eigenvalue weighted by molar-refractivity contribution is 6.13. The van der Waals surface area contributed by atoms with Gasteiger partial charge in [0.15, 0.2) is 0 Å². The minimum Gasteiger partial charge on any atom is -0.331 e. The van der Waals surface area contributed by atoms with Crippen molar-refractivity contribution in [3.8, 4) is 55.6 Å². The summed E-state index contributed by atoms with van der Waals surface area (Å²) in [6.45, 7) is 2.38. The lowest BCUT2D eigenvalue weighted by atomic mass is 9.78. The van der Waals surface area contributed by atoms with Crippen LogP contribution in [0.4, 0.5) is 28.4 Å². The maximum absolute atomic E-state index is 2.53. The fourth-order valence-corrected chi connectivity index (χ4v) is 11.5. The third-order valence-electron chi connectivity index (χ3n) is 14.9. The van der Waals surface area contributed by atoms with Gasteiger partial charge in [-0.05, 0) is 145 Å². The lowest BCUT2D eigenvalue weighted by Gasteiger charge is -2.39. The molecule has 2 unspecified atom stereocenters. The minimum atomic E-state index is -0.239. The summed E-state index contributed by atoms with van der Waals surface area (Å²) >= 11 is 0. The van der Waals surface area contributed by atoms with Crippen LogP contribution in [0.15, 0.2) is 279 Å². The van der Waals surface area contributed by atoms with E-state index < -0.39 is 0 Å². The average Bonchev–Trinajstić information content (AvgIpc) is 3.72. The number of hydrogen-bond acceptors (Lipinski definition) is 2. The monoisotopic (exact) mass is 906 g/mol. The van der Waals surface area contributed by atoms with Crippen molar-refractivity contribution in [2.45, 2.75) is 18.4 Å². The summed E-state index contributed by atoms with van der Waals surface area (Å²) in [5, 5.41) is 5.05. The molecule has 1 aliphatic carbocycles. The number of fused-ring (bicyclic) bond motifs is 6. The van der Waals surface area contributed by atoms with E-state index in [0.717, 1.165) is 28.2 Å². The van der Waals surface area contributed by atoms with E-state index >= 15 is 0 Å². The van der Waals surface area contributed by atoms with Crippen molar-refractivity contribution >= 4 is 50.0 Å². The van der Waals surface area contributed by atoms with Crippen molar-refractivity contribution in [2.24, 2.45) is 0 Å². The van der Waals surface area contributed by atoms with Crippen molar-refractivity contribution in [1.29, 1.82) is 0 Å². The molecular formula is C69H50N2. The number of para-hydroxylation sites is 2. The number of nitrogens with zero attached hydrogens (tertiary/aromatic N) is 2. The Balaban J connectivity index is 0.920. The van der Waals surface area contributed by atoms with Crippen LogP contribution in [-0.2, 0) is 0 Å². The minimum absolute atomic E-state index is 0.186. The molecule has 0 amide bonds. The Labute approximate surface area is 416 Å². The summed E-state index contributed by atoms with van der Waals surface area (Å²) < 4.78 is 0. The SMILES string of the molecule is CC12C=CC=CC1c1c(-c3cccc(-c4ccccc4N(c4ccc(-c5ccc(-c6ccccc6)cc5)cc4)c4ccc(-c5cc6ccccc6c6ccccc56)cc4)c3)cccc1N2c1ccccc1. The molecule has 13 rings (SSSR count). The van der Waals surface area contributed by atoms with Gasteiger partial charge in [0.25, 0.3) is 0 Å². The molecule has 0 aromatic heterocycles. The smallest absolute Gasteiger partial charge is 0.0712 e. The third-order valence-corrected chi connectivity index (χ3v) is 14.9. The molecule has 0 spiro atoms. The second-order valence-corrected chi connectivity index (χ2v) is 19.0. The van der Waals surface area contributed by atoms with Gasteiger partial charge in [0.2, 0.25) is 0 Å². The largest absolute Gasteiger partial charge is 0.331 e. The van der Waals surface area contributed by atoms with E-state index in [1.807, 2.05) is 0 Å². The molecule has 0 fully saturated rings. The molecule has 0 saturated carbocycles. The van der Waals surface area contributed by atoms with Gasteiger partial charge in [-0.3, -0.25) is 0 Å². The Kier molecular flexibility index (Phi) is 10.4. The van der Waals surface area contributed by atoms with Gasteiger partial charge < -0.3 is 9.80 Å². The lowest BCUT2D eigenvalue weighted by molar-refractivity contribution is 0.542.